The highest BCUT2D eigenvalue weighted by atomic mass is 32.2. The molecule has 1 aromatic heterocycles. The minimum atomic E-state index is -0.784. The number of rotatable bonds is 13. The van der Waals surface area contributed by atoms with Crippen LogP contribution >= 0.6 is 11.8 Å². The lowest BCUT2D eigenvalue weighted by Gasteiger charge is -2.34. The number of benzene rings is 2. The van der Waals surface area contributed by atoms with Crippen LogP contribution in [0.4, 0.5) is 5.82 Å². The lowest BCUT2D eigenvalue weighted by Crippen LogP contribution is -2.45. The molecule has 4 amide bonds. The van der Waals surface area contributed by atoms with Crippen molar-refractivity contribution in [1.29, 1.82) is 10.5 Å². The maximum absolute atomic E-state index is 12.7. The molecular formula is C34H36N8O5S. The van der Waals surface area contributed by atoms with Crippen molar-refractivity contribution in [3.63, 3.8) is 0 Å². The van der Waals surface area contributed by atoms with Gasteiger partial charge in [-0.3, -0.25) is 24.4 Å². The molecule has 248 valence electrons. The first-order chi connectivity index (χ1) is 23.2. The molecule has 1 aliphatic rings. The van der Waals surface area contributed by atoms with E-state index in [0.29, 0.717) is 59.9 Å². The van der Waals surface area contributed by atoms with E-state index in [9.17, 15) is 29.7 Å². The Morgan fingerprint density at radius 3 is 2.23 bits per heavy atom. The van der Waals surface area contributed by atoms with E-state index < -0.39 is 17.1 Å². The summed E-state index contributed by atoms with van der Waals surface area (Å²) in [6.45, 7) is 3.06. The van der Waals surface area contributed by atoms with Crippen LogP contribution in [0, 0.1) is 22.7 Å². The van der Waals surface area contributed by atoms with Crippen molar-refractivity contribution in [2.75, 3.05) is 18.0 Å². The fourth-order valence-corrected chi connectivity index (χ4v) is 6.48. The van der Waals surface area contributed by atoms with E-state index in [0.717, 1.165) is 17.3 Å². The van der Waals surface area contributed by atoms with Crippen molar-refractivity contribution in [1.82, 2.24) is 21.1 Å². The molecule has 3 aromatic rings. The second-order valence-electron chi connectivity index (χ2n) is 11.1. The summed E-state index contributed by atoms with van der Waals surface area (Å²) >= 11 is 1.09. The fraction of sp³-hybridized carbons (Fsp3) is 0.324. The summed E-state index contributed by atoms with van der Waals surface area (Å²) in [6.07, 6.45) is 1.59. The summed E-state index contributed by atoms with van der Waals surface area (Å²) in [6, 6.07) is 19.7. The van der Waals surface area contributed by atoms with E-state index in [-0.39, 0.29) is 48.4 Å². The highest BCUT2D eigenvalue weighted by Crippen LogP contribution is 2.40. The quantitative estimate of drug-likeness (QED) is 0.102. The van der Waals surface area contributed by atoms with Gasteiger partial charge < -0.3 is 21.3 Å². The standard InChI is InChI=1S/C34H36N8O5S/c1-2-25-26(18-35)32(40-34(27(25)19-36)48-30(31(37)45)22-6-4-3-5-7-22)42-16-14-24(15-17-42)39-29(44)13-12-28(43)38-20-21-8-10-23(11-9-21)33(46)41-47/h3-11,24,30,47H,2,12-17,20H2,1H3,(H2,37,45)(H,38,43)(H,39,44)(H,41,46). The fourth-order valence-electron chi connectivity index (χ4n) is 5.42. The third kappa shape index (κ3) is 8.88. The number of carbonyl (C=O) groups excluding carboxylic acids is 4. The molecule has 13 nitrogen and oxygen atoms in total. The monoisotopic (exact) mass is 668 g/mol. The van der Waals surface area contributed by atoms with Crippen LogP contribution in [0.2, 0.25) is 0 Å². The topological polar surface area (TPSA) is 214 Å². The van der Waals surface area contributed by atoms with Gasteiger partial charge in [0.15, 0.2) is 0 Å². The third-order valence-electron chi connectivity index (χ3n) is 7.96. The normalized spacial score (nSPS) is 13.5. The summed E-state index contributed by atoms with van der Waals surface area (Å²) in [5.74, 6) is -1.31. The van der Waals surface area contributed by atoms with Crippen LogP contribution in [0.1, 0.15) is 76.0 Å². The Morgan fingerprint density at radius 2 is 1.65 bits per heavy atom. The zero-order valence-electron chi connectivity index (χ0n) is 26.4. The maximum atomic E-state index is 12.7. The van der Waals surface area contributed by atoms with Gasteiger partial charge in [-0.2, -0.15) is 10.5 Å². The number of nitrogens with zero attached hydrogens (tertiary/aromatic N) is 4. The van der Waals surface area contributed by atoms with Gasteiger partial charge in [0.1, 0.15) is 28.2 Å². The molecule has 0 radical (unpaired) electrons. The average molecular weight is 669 g/mol. The van der Waals surface area contributed by atoms with Crippen molar-refractivity contribution in [2.24, 2.45) is 5.73 Å². The van der Waals surface area contributed by atoms with Crippen LogP contribution in [-0.4, -0.2) is 53.0 Å². The number of pyridine rings is 1. The molecule has 1 aliphatic heterocycles. The second-order valence-corrected chi connectivity index (χ2v) is 12.2. The van der Waals surface area contributed by atoms with Crippen LogP contribution in [0.15, 0.2) is 59.6 Å². The minimum Gasteiger partial charge on any atom is -0.368 e. The van der Waals surface area contributed by atoms with Crippen molar-refractivity contribution in [3.8, 4) is 12.1 Å². The number of amides is 4. The first kappa shape index (κ1) is 35.4. The van der Waals surface area contributed by atoms with Gasteiger partial charge in [-0.05, 0) is 48.1 Å². The lowest BCUT2D eigenvalue weighted by molar-refractivity contribution is -0.127. The van der Waals surface area contributed by atoms with Gasteiger partial charge in [-0.1, -0.05) is 61.2 Å². The molecular weight excluding hydrogens is 632 g/mol. The molecule has 1 atom stereocenters. The molecule has 1 saturated heterocycles. The van der Waals surface area contributed by atoms with Crippen LogP contribution < -0.4 is 26.7 Å². The molecule has 1 unspecified atom stereocenters. The Kier molecular flexibility index (Phi) is 12.5. The Hall–Kier alpha value is -5.44. The Labute approximate surface area is 282 Å². The highest BCUT2D eigenvalue weighted by molar-refractivity contribution is 8.00. The number of piperidine rings is 1. The number of hydrogen-bond donors (Lipinski definition) is 5. The number of aromatic nitrogens is 1. The van der Waals surface area contributed by atoms with Crippen LogP contribution in [0.3, 0.4) is 0 Å². The molecule has 14 heteroatoms. The molecule has 6 N–H and O–H groups in total. The van der Waals surface area contributed by atoms with Gasteiger partial charge in [0, 0.05) is 44.1 Å². The molecule has 0 aliphatic carbocycles. The van der Waals surface area contributed by atoms with Crippen molar-refractivity contribution >= 4 is 41.2 Å². The molecule has 48 heavy (non-hydrogen) atoms. The van der Waals surface area contributed by atoms with Crippen LogP contribution in [-0.2, 0) is 27.3 Å². The van der Waals surface area contributed by atoms with Gasteiger partial charge in [0.25, 0.3) is 5.91 Å². The summed E-state index contributed by atoms with van der Waals surface area (Å²) in [5, 5.41) is 34.2. The predicted molar refractivity (Wildman–Crippen MR) is 177 cm³/mol. The maximum Gasteiger partial charge on any atom is 0.274 e. The smallest absolute Gasteiger partial charge is 0.274 e. The Bertz CT molecular complexity index is 1730. The zero-order chi connectivity index (χ0) is 34.6. The minimum absolute atomic E-state index is 0.00584. The average Bonchev–Trinajstić information content (AvgIpc) is 3.11. The highest BCUT2D eigenvalue weighted by Gasteiger charge is 2.29. The third-order valence-corrected chi connectivity index (χ3v) is 9.22. The lowest BCUT2D eigenvalue weighted by atomic mass is 9.99. The van der Waals surface area contributed by atoms with Gasteiger partial charge in [0.2, 0.25) is 17.7 Å². The first-order valence-electron chi connectivity index (χ1n) is 15.4. The summed E-state index contributed by atoms with van der Waals surface area (Å²) in [4.78, 5) is 55.6. The van der Waals surface area contributed by atoms with Gasteiger partial charge in [0.05, 0.1) is 11.1 Å². The van der Waals surface area contributed by atoms with Crippen molar-refractivity contribution in [3.05, 3.63) is 88.0 Å². The molecule has 1 fully saturated rings. The second kappa shape index (κ2) is 16.9. The van der Waals surface area contributed by atoms with Gasteiger partial charge >= 0.3 is 0 Å². The van der Waals surface area contributed by atoms with E-state index in [4.69, 9.17) is 15.9 Å². The number of nitrogens with one attached hydrogen (secondary N) is 3. The van der Waals surface area contributed by atoms with Crippen LogP contribution in [0.25, 0.3) is 0 Å². The predicted octanol–water partition coefficient (Wildman–Crippen LogP) is 3.01. The SMILES string of the molecule is CCc1c(C#N)c(SC(C(N)=O)c2ccccc2)nc(N2CCC(NC(=O)CCC(=O)NCc3ccc(C(=O)NO)cc3)CC2)c1C#N. The van der Waals surface area contributed by atoms with E-state index in [1.807, 2.05) is 17.9 Å². The molecule has 0 saturated carbocycles. The molecule has 4 rings (SSSR count). The number of hydrogen-bond acceptors (Lipinski definition) is 10. The first-order valence-corrected chi connectivity index (χ1v) is 16.3. The van der Waals surface area contributed by atoms with E-state index >= 15 is 0 Å². The molecule has 0 bridgehead atoms. The molecule has 2 aromatic carbocycles. The Morgan fingerprint density at radius 1 is 1.00 bits per heavy atom. The van der Waals surface area contributed by atoms with E-state index in [1.165, 1.54) is 12.1 Å². The van der Waals surface area contributed by atoms with Gasteiger partial charge in [-0.25, -0.2) is 10.5 Å². The Balaban J connectivity index is 1.35. The van der Waals surface area contributed by atoms with Crippen molar-refractivity contribution in [2.45, 2.75) is 61.9 Å². The van der Waals surface area contributed by atoms with Gasteiger partial charge in [-0.15, -0.1) is 0 Å². The zero-order valence-corrected chi connectivity index (χ0v) is 27.2. The van der Waals surface area contributed by atoms with Crippen molar-refractivity contribution < 1.29 is 24.4 Å². The summed E-state index contributed by atoms with van der Waals surface area (Å²) in [5.41, 5.74) is 10.2. The van der Waals surface area contributed by atoms with E-state index in [2.05, 4.69) is 22.8 Å². The largest absolute Gasteiger partial charge is 0.368 e. The number of thioether (sulfide) groups is 1. The van der Waals surface area contributed by atoms with Crippen LogP contribution in [0.5, 0.6) is 0 Å². The number of carbonyl (C=O) groups is 4. The molecule has 0 spiro atoms. The van der Waals surface area contributed by atoms with E-state index in [1.54, 1.807) is 41.9 Å². The summed E-state index contributed by atoms with van der Waals surface area (Å²) in [7, 11) is 0. The number of nitriles is 2. The summed E-state index contributed by atoms with van der Waals surface area (Å²) < 4.78 is 0. The number of hydroxylamine groups is 1. The number of nitrogens with two attached hydrogens (primary N) is 1. The number of primary amides is 1. The molecule has 2 heterocycles. The number of anilines is 1.